The van der Waals surface area contributed by atoms with Gasteiger partial charge in [0.25, 0.3) is 0 Å². The summed E-state index contributed by atoms with van der Waals surface area (Å²) in [5.41, 5.74) is 3.62. The third-order valence-corrected chi connectivity index (χ3v) is 13.5. The first-order valence-electron chi connectivity index (χ1n) is 12.8. The molecule has 0 fully saturated rings. The van der Waals surface area contributed by atoms with E-state index in [1.807, 2.05) is 0 Å². The van der Waals surface area contributed by atoms with Gasteiger partial charge in [0, 0.05) is 6.54 Å². The molecule has 1 aliphatic rings. The minimum atomic E-state index is -1.77. The number of ether oxygens (including phenoxy) is 4. The highest BCUT2D eigenvalue weighted by molar-refractivity contribution is 6.91. The van der Waals surface area contributed by atoms with Crippen molar-refractivity contribution in [1.82, 2.24) is 5.32 Å². The number of nitrogens with one attached hydrogen (secondary N) is 1. The predicted molar refractivity (Wildman–Crippen MR) is 141 cm³/mol. The largest absolute Gasteiger partial charge is 0.377 e. The SMILES string of the molecule is CC(C)(C)[Si](C)(C#CCOCCOCCOCNCCO[C@H]1CC/C=C/CCC1)C(C)(C)C. The summed E-state index contributed by atoms with van der Waals surface area (Å²) in [5.74, 6) is 3.29. The Labute approximate surface area is 205 Å². The molecule has 0 radical (unpaired) electrons. The Hall–Kier alpha value is -0.683. The molecule has 33 heavy (non-hydrogen) atoms. The van der Waals surface area contributed by atoms with Crippen molar-refractivity contribution in [2.45, 2.75) is 96.4 Å². The van der Waals surface area contributed by atoms with Crippen LogP contribution in [0.4, 0.5) is 0 Å². The highest BCUT2D eigenvalue weighted by Gasteiger charge is 2.48. The first-order valence-corrected chi connectivity index (χ1v) is 15.3. The molecule has 0 unspecified atom stereocenters. The van der Waals surface area contributed by atoms with E-state index in [-0.39, 0.29) is 10.1 Å². The molecule has 0 aromatic rings. The molecule has 0 heterocycles. The van der Waals surface area contributed by atoms with Gasteiger partial charge in [-0.05, 0) is 42.2 Å². The first kappa shape index (κ1) is 30.3. The summed E-state index contributed by atoms with van der Waals surface area (Å²) in [6.07, 6.45) is 10.8. The maximum absolute atomic E-state index is 5.97. The molecule has 1 N–H and O–H groups in total. The van der Waals surface area contributed by atoms with Crippen molar-refractivity contribution in [3.63, 3.8) is 0 Å². The molecule has 0 spiro atoms. The van der Waals surface area contributed by atoms with Crippen molar-refractivity contribution in [3.05, 3.63) is 12.2 Å². The highest BCUT2D eigenvalue weighted by atomic mass is 28.3. The van der Waals surface area contributed by atoms with E-state index in [0.29, 0.717) is 45.9 Å². The average molecular weight is 482 g/mol. The van der Waals surface area contributed by atoms with Gasteiger partial charge < -0.3 is 18.9 Å². The number of rotatable bonds is 13. The van der Waals surface area contributed by atoms with Gasteiger partial charge in [0.1, 0.15) is 14.7 Å². The Morgan fingerprint density at radius 3 is 2.18 bits per heavy atom. The van der Waals surface area contributed by atoms with Crippen LogP contribution in [0.25, 0.3) is 0 Å². The zero-order valence-electron chi connectivity index (χ0n) is 22.6. The van der Waals surface area contributed by atoms with Crippen molar-refractivity contribution in [2.24, 2.45) is 0 Å². The van der Waals surface area contributed by atoms with Crippen LogP contribution >= 0.6 is 0 Å². The van der Waals surface area contributed by atoms with E-state index in [4.69, 9.17) is 18.9 Å². The summed E-state index contributed by atoms with van der Waals surface area (Å²) in [6.45, 7) is 21.1. The second-order valence-electron chi connectivity index (χ2n) is 11.1. The third-order valence-electron chi connectivity index (χ3n) is 6.81. The lowest BCUT2D eigenvalue weighted by atomic mass is 10.0. The Balaban J connectivity index is 1.97. The first-order chi connectivity index (χ1) is 15.6. The standard InChI is InChI=1S/C27H51NO4Si/c1-26(2,3)33(7,27(4,5)6)23-13-17-29-19-20-30-21-22-31-24-28-16-18-32-25-14-11-9-8-10-12-15-25/h8-9,25,28H,10-12,14-22,24H2,1-7H3/b9-8+/t25-/m0/s1. The van der Waals surface area contributed by atoms with E-state index < -0.39 is 8.07 Å². The van der Waals surface area contributed by atoms with Gasteiger partial charge in [0.05, 0.1) is 45.9 Å². The van der Waals surface area contributed by atoms with Crippen molar-refractivity contribution >= 4 is 8.07 Å². The van der Waals surface area contributed by atoms with Gasteiger partial charge in [0.15, 0.2) is 0 Å². The van der Waals surface area contributed by atoms with Crippen LogP contribution < -0.4 is 5.32 Å². The maximum Gasteiger partial charge on any atom is 0.146 e. The second kappa shape index (κ2) is 16.1. The summed E-state index contributed by atoms with van der Waals surface area (Å²) in [7, 11) is -1.77. The molecule has 0 aromatic heterocycles. The topological polar surface area (TPSA) is 49.0 Å². The molecule has 192 valence electrons. The lowest BCUT2D eigenvalue weighted by molar-refractivity contribution is 0.0104. The van der Waals surface area contributed by atoms with Crippen LogP contribution in [0.1, 0.15) is 73.6 Å². The lowest BCUT2D eigenvalue weighted by Crippen LogP contribution is -2.48. The predicted octanol–water partition coefficient (Wildman–Crippen LogP) is 5.71. The van der Waals surface area contributed by atoms with Gasteiger partial charge >= 0.3 is 0 Å². The molecule has 5 nitrogen and oxygen atoms in total. The zero-order chi connectivity index (χ0) is 24.6. The van der Waals surface area contributed by atoms with Crippen LogP contribution in [0, 0.1) is 11.5 Å². The monoisotopic (exact) mass is 481 g/mol. The van der Waals surface area contributed by atoms with Crippen molar-refractivity contribution in [3.8, 4) is 11.5 Å². The van der Waals surface area contributed by atoms with Gasteiger partial charge in [-0.2, -0.15) is 0 Å². The van der Waals surface area contributed by atoms with E-state index in [1.54, 1.807) is 0 Å². The lowest BCUT2D eigenvalue weighted by Gasteiger charge is -2.45. The summed E-state index contributed by atoms with van der Waals surface area (Å²) >= 11 is 0. The smallest absolute Gasteiger partial charge is 0.146 e. The second-order valence-corrected chi connectivity index (χ2v) is 16.6. The molecule has 1 aliphatic carbocycles. The minimum absolute atomic E-state index is 0.232. The maximum atomic E-state index is 5.97. The fourth-order valence-corrected chi connectivity index (χ4v) is 7.41. The Bertz CT molecular complexity index is 584. The van der Waals surface area contributed by atoms with Crippen molar-refractivity contribution in [2.75, 3.05) is 52.9 Å². The quantitative estimate of drug-likeness (QED) is 0.120. The Kier molecular flexibility index (Phi) is 14.8. The molecule has 0 aliphatic heterocycles. The van der Waals surface area contributed by atoms with Gasteiger partial charge in [-0.3, -0.25) is 5.32 Å². The van der Waals surface area contributed by atoms with Gasteiger partial charge in [-0.1, -0.05) is 66.2 Å². The minimum Gasteiger partial charge on any atom is -0.377 e. The summed E-state index contributed by atoms with van der Waals surface area (Å²) in [4.78, 5) is 0. The summed E-state index contributed by atoms with van der Waals surface area (Å²) in [5, 5.41) is 3.72. The molecule has 1 atom stereocenters. The molecule has 0 amide bonds. The third kappa shape index (κ3) is 12.5. The van der Waals surface area contributed by atoms with Crippen molar-refractivity contribution in [1.29, 1.82) is 0 Å². The number of allylic oxidation sites excluding steroid dienone is 2. The van der Waals surface area contributed by atoms with Crippen LogP contribution in [-0.4, -0.2) is 67.1 Å². The fraction of sp³-hybridized carbons (Fsp3) is 0.852. The highest BCUT2D eigenvalue weighted by Crippen LogP contribution is 2.50. The molecular formula is C27H51NO4Si. The van der Waals surface area contributed by atoms with E-state index in [9.17, 15) is 0 Å². The molecular weight excluding hydrogens is 430 g/mol. The summed E-state index contributed by atoms with van der Waals surface area (Å²) in [6, 6.07) is 0. The number of hydrogen-bond donors (Lipinski definition) is 1. The molecule has 0 saturated carbocycles. The van der Waals surface area contributed by atoms with Crippen molar-refractivity contribution < 1.29 is 18.9 Å². The van der Waals surface area contributed by atoms with E-state index in [2.05, 4.69) is 77.0 Å². The van der Waals surface area contributed by atoms with Crippen LogP contribution in [0.2, 0.25) is 16.6 Å². The summed E-state index contributed by atoms with van der Waals surface area (Å²) < 4.78 is 22.7. The Morgan fingerprint density at radius 2 is 1.48 bits per heavy atom. The van der Waals surface area contributed by atoms with Crippen LogP contribution in [0.3, 0.4) is 0 Å². The van der Waals surface area contributed by atoms with E-state index in [1.165, 1.54) is 19.3 Å². The Morgan fingerprint density at radius 1 is 0.848 bits per heavy atom. The molecule has 1 rings (SSSR count). The zero-order valence-corrected chi connectivity index (χ0v) is 23.6. The molecule has 0 aromatic carbocycles. The van der Waals surface area contributed by atoms with E-state index >= 15 is 0 Å². The van der Waals surface area contributed by atoms with Crippen LogP contribution in [-0.2, 0) is 18.9 Å². The molecule has 0 saturated heterocycles. The average Bonchev–Trinajstić information content (AvgIpc) is 2.70. The normalized spacial score (nSPS) is 18.8. The molecule has 0 bridgehead atoms. The number of hydrogen-bond acceptors (Lipinski definition) is 5. The van der Waals surface area contributed by atoms with Gasteiger partial charge in [0.2, 0.25) is 0 Å². The van der Waals surface area contributed by atoms with E-state index in [0.717, 1.165) is 26.0 Å². The van der Waals surface area contributed by atoms with Crippen LogP contribution in [0.5, 0.6) is 0 Å². The fourth-order valence-electron chi connectivity index (χ4n) is 3.98. The molecule has 6 heteroatoms. The van der Waals surface area contributed by atoms with Gasteiger partial charge in [-0.25, -0.2) is 0 Å². The van der Waals surface area contributed by atoms with Crippen LogP contribution in [0.15, 0.2) is 12.2 Å². The van der Waals surface area contributed by atoms with Gasteiger partial charge in [-0.15, -0.1) is 5.54 Å².